The lowest BCUT2D eigenvalue weighted by Crippen LogP contribution is -2.45. The van der Waals surface area contributed by atoms with E-state index in [4.69, 9.17) is 9.47 Å². The molecule has 0 saturated carbocycles. The van der Waals surface area contributed by atoms with Crippen molar-refractivity contribution in [2.24, 2.45) is 5.92 Å². The van der Waals surface area contributed by atoms with Crippen molar-refractivity contribution in [3.63, 3.8) is 0 Å². The van der Waals surface area contributed by atoms with Gasteiger partial charge in [-0.25, -0.2) is 0 Å². The van der Waals surface area contributed by atoms with Gasteiger partial charge < -0.3 is 25.2 Å². The highest BCUT2D eigenvalue weighted by atomic mass is 16.5. The lowest BCUT2D eigenvalue weighted by molar-refractivity contribution is -0.145. The van der Waals surface area contributed by atoms with Crippen molar-refractivity contribution in [2.45, 2.75) is 70.1 Å². The molecule has 3 rings (SSSR count). The third-order valence-electron chi connectivity index (χ3n) is 7.65. The minimum atomic E-state index is -0.686. The molecule has 0 radical (unpaired) electrons. The van der Waals surface area contributed by atoms with Gasteiger partial charge in [0.25, 0.3) is 0 Å². The second-order valence-electron chi connectivity index (χ2n) is 11.6. The number of rotatable bonds is 22. The van der Waals surface area contributed by atoms with E-state index in [1.54, 1.807) is 6.08 Å². The lowest BCUT2D eigenvalue weighted by Gasteiger charge is -2.23. The molecule has 0 saturated heterocycles. The first-order valence-electron chi connectivity index (χ1n) is 16.3. The molecule has 0 aliphatic heterocycles. The highest BCUT2D eigenvalue weighted by molar-refractivity contribution is 5.86. The average Bonchev–Trinajstić information content (AvgIpc) is 3.09. The summed E-state index contributed by atoms with van der Waals surface area (Å²) in [4.78, 5) is 39.0. The Hall–Kier alpha value is -4.69. The molecular weight excluding hydrogens is 592 g/mol. The zero-order chi connectivity index (χ0) is 33.7. The smallest absolute Gasteiger partial charge is 0.305 e. The predicted octanol–water partition coefficient (Wildman–Crippen LogP) is 5.88. The van der Waals surface area contributed by atoms with Crippen LogP contribution in [0.5, 0.6) is 5.75 Å². The Balaban J connectivity index is 1.62. The second kappa shape index (κ2) is 21.2. The van der Waals surface area contributed by atoms with E-state index in [-0.39, 0.29) is 50.3 Å². The number of carbonyl (C=O) groups excluding carboxylic acids is 3. The Morgan fingerprint density at radius 2 is 1.40 bits per heavy atom. The van der Waals surface area contributed by atoms with E-state index in [0.717, 1.165) is 35.3 Å². The molecule has 8 nitrogen and oxygen atoms in total. The molecular formula is C39H48N2O6. The van der Waals surface area contributed by atoms with Crippen molar-refractivity contribution in [3.8, 4) is 5.75 Å². The van der Waals surface area contributed by atoms with Gasteiger partial charge in [-0.15, -0.1) is 13.2 Å². The number of hydrogen-bond donors (Lipinski definition) is 3. The first kappa shape index (κ1) is 36.8. The molecule has 47 heavy (non-hydrogen) atoms. The maximum Gasteiger partial charge on any atom is 0.305 e. The Bertz CT molecular complexity index is 1380. The van der Waals surface area contributed by atoms with Crippen LogP contribution in [0.3, 0.4) is 0 Å². The number of ether oxygens (including phenoxy) is 2. The summed E-state index contributed by atoms with van der Waals surface area (Å²) < 4.78 is 11.5. The first-order valence-corrected chi connectivity index (χ1v) is 16.3. The van der Waals surface area contributed by atoms with Crippen LogP contribution in [0.2, 0.25) is 0 Å². The number of hydrogen-bond acceptors (Lipinski definition) is 6. The van der Waals surface area contributed by atoms with Gasteiger partial charge in [-0.1, -0.05) is 84.9 Å². The first-order chi connectivity index (χ1) is 22.9. The molecule has 250 valence electrons. The number of carbonyl (C=O) groups is 3. The van der Waals surface area contributed by atoms with Gasteiger partial charge in [-0.3, -0.25) is 14.4 Å². The van der Waals surface area contributed by atoms with Crippen LogP contribution >= 0.6 is 0 Å². The van der Waals surface area contributed by atoms with Gasteiger partial charge in [-0.2, -0.15) is 0 Å². The summed E-state index contributed by atoms with van der Waals surface area (Å²) in [5, 5.41) is 15.7. The summed E-state index contributed by atoms with van der Waals surface area (Å²) in [5.74, 6) is -0.966. The van der Waals surface area contributed by atoms with E-state index in [2.05, 4.69) is 23.8 Å². The number of aliphatic hydroxyl groups excluding tert-OH is 1. The van der Waals surface area contributed by atoms with E-state index in [0.29, 0.717) is 25.9 Å². The van der Waals surface area contributed by atoms with Crippen LogP contribution < -0.4 is 15.4 Å². The van der Waals surface area contributed by atoms with Crippen LogP contribution in [0, 0.1) is 5.92 Å². The van der Waals surface area contributed by atoms with Gasteiger partial charge >= 0.3 is 5.97 Å². The SMILES string of the molecule is C=CCCCCC(=O)OC[C@H](Cc1ccc(OCc2ccccc2)cc1)NC(=O)[C@H](CC=C)CC(=O)N[C@@H](CO)Cc1ccccc1. The van der Waals surface area contributed by atoms with Crippen LogP contribution in [0.1, 0.15) is 55.2 Å². The number of unbranched alkanes of at least 4 members (excludes halogenated alkanes) is 2. The van der Waals surface area contributed by atoms with E-state index in [9.17, 15) is 19.5 Å². The Kier molecular flexibility index (Phi) is 16.6. The Morgan fingerprint density at radius 1 is 0.766 bits per heavy atom. The van der Waals surface area contributed by atoms with Crippen molar-refractivity contribution >= 4 is 17.8 Å². The molecule has 0 spiro atoms. The summed E-state index contributed by atoms with van der Waals surface area (Å²) >= 11 is 0. The van der Waals surface area contributed by atoms with Crippen LogP contribution in [0.15, 0.2) is 110 Å². The summed E-state index contributed by atoms with van der Waals surface area (Å²) in [6.07, 6.45) is 7.19. The minimum absolute atomic E-state index is 0.00500. The molecule has 3 aromatic carbocycles. The molecule has 3 atom stereocenters. The van der Waals surface area contributed by atoms with E-state index in [1.807, 2.05) is 91.0 Å². The number of nitrogens with one attached hydrogen (secondary N) is 2. The number of aliphatic hydroxyl groups is 1. The number of amides is 2. The quantitative estimate of drug-likeness (QED) is 0.0718. The van der Waals surface area contributed by atoms with Gasteiger partial charge in [0, 0.05) is 12.8 Å². The fourth-order valence-electron chi connectivity index (χ4n) is 5.10. The standard InChI is InChI=1S/C39H48N2O6/c1-3-5-6-13-19-38(44)47-29-35(25-31-20-22-36(23-21-31)46-28-32-17-11-8-12-18-32)41-39(45)33(14-4-2)26-37(43)40-34(27-42)24-30-15-9-7-10-16-30/h3-4,7-12,15-18,20-23,33-35,42H,1-2,5-6,13-14,19,24-29H2,(H,40,43)(H,41,45)/t33-,34-,35+/m1/s1. The van der Waals surface area contributed by atoms with Crippen LogP contribution in [0.4, 0.5) is 0 Å². The highest BCUT2D eigenvalue weighted by Crippen LogP contribution is 2.17. The summed E-state index contributed by atoms with van der Waals surface area (Å²) in [6.45, 7) is 7.70. The zero-order valence-electron chi connectivity index (χ0n) is 27.2. The van der Waals surface area contributed by atoms with E-state index in [1.165, 1.54) is 0 Å². The van der Waals surface area contributed by atoms with Crippen molar-refractivity contribution in [1.29, 1.82) is 0 Å². The van der Waals surface area contributed by atoms with Crippen molar-refractivity contribution < 1.29 is 29.0 Å². The third kappa shape index (κ3) is 14.5. The van der Waals surface area contributed by atoms with Gasteiger partial charge in [0.1, 0.15) is 19.0 Å². The van der Waals surface area contributed by atoms with Crippen molar-refractivity contribution in [2.75, 3.05) is 13.2 Å². The summed E-state index contributed by atoms with van der Waals surface area (Å²) in [5.41, 5.74) is 2.98. The van der Waals surface area contributed by atoms with Crippen LogP contribution in [0.25, 0.3) is 0 Å². The van der Waals surface area contributed by atoms with Gasteiger partial charge in [0.2, 0.25) is 11.8 Å². The van der Waals surface area contributed by atoms with Crippen molar-refractivity contribution in [3.05, 3.63) is 127 Å². The van der Waals surface area contributed by atoms with E-state index >= 15 is 0 Å². The molecule has 2 amide bonds. The average molecular weight is 641 g/mol. The molecule has 0 aromatic heterocycles. The molecule has 0 bridgehead atoms. The molecule has 0 aliphatic carbocycles. The minimum Gasteiger partial charge on any atom is -0.489 e. The molecule has 8 heteroatoms. The molecule has 0 unspecified atom stereocenters. The molecule has 0 aliphatic rings. The molecule has 0 heterocycles. The zero-order valence-corrected chi connectivity index (χ0v) is 27.2. The van der Waals surface area contributed by atoms with Crippen LogP contribution in [-0.4, -0.2) is 48.2 Å². The second-order valence-corrected chi connectivity index (χ2v) is 11.6. The largest absolute Gasteiger partial charge is 0.489 e. The maximum absolute atomic E-state index is 13.5. The molecule has 0 fully saturated rings. The number of benzene rings is 3. The monoisotopic (exact) mass is 640 g/mol. The normalized spacial score (nSPS) is 12.6. The van der Waals surface area contributed by atoms with E-state index < -0.39 is 18.0 Å². The summed E-state index contributed by atoms with van der Waals surface area (Å²) in [6, 6.07) is 26.1. The molecule has 3 aromatic rings. The fourth-order valence-corrected chi connectivity index (χ4v) is 5.10. The number of esters is 1. The third-order valence-corrected chi connectivity index (χ3v) is 7.65. The summed E-state index contributed by atoms with van der Waals surface area (Å²) in [7, 11) is 0. The van der Waals surface area contributed by atoms with Gasteiger partial charge in [0.15, 0.2) is 0 Å². The van der Waals surface area contributed by atoms with Crippen LogP contribution in [-0.2, 0) is 38.6 Å². The predicted molar refractivity (Wildman–Crippen MR) is 185 cm³/mol. The molecule has 3 N–H and O–H groups in total. The highest BCUT2D eigenvalue weighted by Gasteiger charge is 2.25. The maximum atomic E-state index is 13.5. The van der Waals surface area contributed by atoms with Gasteiger partial charge in [0.05, 0.1) is 24.6 Å². The Labute approximate surface area is 278 Å². The lowest BCUT2D eigenvalue weighted by atomic mass is 9.98. The number of allylic oxidation sites excluding steroid dienone is 2. The van der Waals surface area contributed by atoms with Gasteiger partial charge in [-0.05, 0) is 67.3 Å². The topological polar surface area (TPSA) is 114 Å². The fraction of sp³-hybridized carbons (Fsp3) is 0.359. The van der Waals surface area contributed by atoms with Crippen molar-refractivity contribution in [1.82, 2.24) is 10.6 Å². The Morgan fingerprint density at radius 3 is 2.04 bits per heavy atom.